The van der Waals surface area contributed by atoms with Gasteiger partial charge in [-0.2, -0.15) is 31.4 Å². The minimum Gasteiger partial charge on any atom is -0.494 e. The van der Waals surface area contributed by atoms with E-state index in [0.29, 0.717) is 29.9 Å². The second-order valence-corrected chi connectivity index (χ2v) is 9.21. The standard InChI is InChI=1S/C21H20F4N2O2.C7H5BF4O2/c1-3-4-5-12-27-19-14(9-7-11-16(19)29-2)20(28)18(26-27)13-8-6-10-15(17(13)22)21(23,24)25;9-6-4(7(10,11)12)2-1-3-5(6)8(13)14/h6-11H,3-5,12H2,1-2H3;1-3,13-14H. The van der Waals surface area contributed by atoms with Gasteiger partial charge >= 0.3 is 19.5 Å². The molecule has 0 aliphatic carbocycles. The highest BCUT2D eigenvalue weighted by Gasteiger charge is 2.37. The number of unbranched alkanes of at least 4 members (excludes halogenated alkanes) is 2. The van der Waals surface area contributed by atoms with Crippen LogP contribution in [-0.4, -0.2) is 34.1 Å². The van der Waals surface area contributed by atoms with Crippen LogP contribution in [0.5, 0.6) is 5.75 Å². The van der Waals surface area contributed by atoms with Crippen LogP contribution in [0.4, 0.5) is 35.1 Å². The number of aryl methyl sites for hydroxylation is 1. The molecule has 4 aromatic rings. The second-order valence-electron chi connectivity index (χ2n) is 9.21. The zero-order valence-corrected chi connectivity index (χ0v) is 22.7. The van der Waals surface area contributed by atoms with Crippen molar-refractivity contribution >= 4 is 23.5 Å². The molecule has 0 bridgehead atoms. The molecule has 6 nitrogen and oxygen atoms in total. The lowest BCUT2D eigenvalue weighted by molar-refractivity contribution is -0.140. The molecule has 3 aromatic carbocycles. The van der Waals surface area contributed by atoms with E-state index in [-0.39, 0.29) is 11.1 Å². The summed E-state index contributed by atoms with van der Waals surface area (Å²) in [5.74, 6) is -2.75. The van der Waals surface area contributed by atoms with Crippen LogP contribution >= 0.6 is 0 Å². The van der Waals surface area contributed by atoms with Gasteiger partial charge in [0, 0.05) is 17.6 Å². The summed E-state index contributed by atoms with van der Waals surface area (Å²) in [4.78, 5) is 13.0. The fraction of sp³-hybridized carbons (Fsp3) is 0.286. The monoisotopic (exact) mass is 616 g/mol. The summed E-state index contributed by atoms with van der Waals surface area (Å²) in [6.07, 6.45) is -7.12. The molecule has 15 heteroatoms. The van der Waals surface area contributed by atoms with E-state index < -0.39 is 58.7 Å². The molecule has 1 aromatic heterocycles. The Kier molecular flexibility index (Phi) is 10.6. The van der Waals surface area contributed by atoms with Gasteiger partial charge in [0.2, 0.25) is 5.43 Å². The van der Waals surface area contributed by atoms with Gasteiger partial charge in [0.15, 0.2) is 0 Å². The number of halogens is 8. The van der Waals surface area contributed by atoms with Crippen molar-refractivity contribution in [3.8, 4) is 17.0 Å². The SMILES string of the molecule is CCCCCn1nc(-c2cccc(C(F)(F)F)c2F)c(=O)c2cccc(OC)c21.OB(O)c1cccc(C(F)(F)F)c1F. The first-order chi connectivity index (χ1) is 20.1. The van der Waals surface area contributed by atoms with Crippen molar-refractivity contribution in [2.45, 2.75) is 45.1 Å². The smallest absolute Gasteiger partial charge is 0.491 e. The fourth-order valence-electron chi connectivity index (χ4n) is 4.23. The molecule has 0 fully saturated rings. The number of rotatable bonds is 7. The van der Waals surface area contributed by atoms with Gasteiger partial charge in [-0.3, -0.25) is 9.48 Å². The Morgan fingerprint density at radius 3 is 2.00 bits per heavy atom. The van der Waals surface area contributed by atoms with Crippen LogP contribution in [0.2, 0.25) is 0 Å². The lowest BCUT2D eigenvalue weighted by atomic mass is 9.79. The Morgan fingerprint density at radius 2 is 1.44 bits per heavy atom. The molecular weight excluding hydrogens is 591 g/mol. The van der Waals surface area contributed by atoms with Crippen LogP contribution in [0.25, 0.3) is 22.2 Å². The number of hydrogen-bond donors (Lipinski definition) is 2. The summed E-state index contributed by atoms with van der Waals surface area (Å²) in [5.41, 5.74) is -4.77. The molecule has 0 amide bonds. The largest absolute Gasteiger partial charge is 0.494 e. The number of para-hydroxylation sites is 1. The molecule has 0 radical (unpaired) electrons. The zero-order valence-electron chi connectivity index (χ0n) is 22.7. The van der Waals surface area contributed by atoms with E-state index in [1.165, 1.54) is 17.9 Å². The first-order valence-electron chi connectivity index (χ1n) is 12.8. The average molecular weight is 616 g/mol. The minimum atomic E-state index is -4.87. The summed E-state index contributed by atoms with van der Waals surface area (Å²) in [5, 5.41) is 21.5. The van der Waals surface area contributed by atoms with Gasteiger partial charge in [-0.1, -0.05) is 44.0 Å². The number of nitrogens with zero attached hydrogens (tertiary/aromatic N) is 2. The molecular formula is C28H25BF8N2O4. The third kappa shape index (κ3) is 7.52. The first kappa shape index (κ1) is 33.5. The number of benzene rings is 3. The van der Waals surface area contributed by atoms with Gasteiger partial charge in [-0.25, -0.2) is 8.78 Å². The van der Waals surface area contributed by atoms with Gasteiger partial charge in [-0.05, 0) is 36.8 Å². The molecule has 43 heavy (non-hydrogen) atoms. The Morgan fingerprint density at radius 1 is 0.860 bits per heavy atom. The molecule has 1 heterocycles. The predicted octanol–water partition coefficient (Wildman–Crippen LogP) is 5.94. The Hall–Kier alpha value is -3.98. The van der Waals surface area contributed by atoms with Gasteiger partial charge < -0.3 is 14.8 Å². The summed E-state index contributed by atoms with van der Waals surface area (Å²) in [6, 6.07) is 9.96. The molecule has 0 unspecified atom stereocenters. The number of ether oxygens (including phenoxy) is 1. The third-order valence-electron chi connectivity index (χ3n) is 6.30. The molecule has 0 aliphatic heterocycles. The van der Waals surface area contributed by atoms with Gasteiger partial charge in [0.25, 0.3) is 0 Å². The highest BCUT2D eigenvalue weighted by molar-refractivity contribution is 6.58. The summed E-state index contributed by atoms with van der Waals surface area (Å²) in [6.45, 7) is 2.44. The van der Waals surface area contributed by atoms with E-state index in [9.17, 15) is 39.9 Å². The summed E-state index contributed by atoms with van der Waals surface area (Å²) < 4.78 is 110. The number of fused-ring (bicyclic) bond motifs is 1. The first-order valence-corrected chi connectivity index (χ1v) is 12.8. The van der Waals surface area contributed by atoms with Crippen molar-refractivity contribution in [3.63, 3.8) is 0 Å². The van der Waals surface area contributed by atoms with Crippen LogP contribution in [0.3, 0.4) is 0 Å². The maximum atomic E-state index is 14.7. The van der Waals surface area contributed by atoms with Gasteiger partial charge in [0.1, 0.15) is 28.6 Å². The fourth-order valence-corrected chi connectivity index (χ4v) is 4.23. The summed E-state index contributed by atoms with van der Waals surface area (Å²) >= 11 is 0. The van der Waals surface area contributed by atoms with Crippen LogP contribution in [0.15, 0.2) is 59.4 Å². The lowest BCUT2D eigenvalue weighted by Crippen LogP contribution is -2.34. The normalized spacial score (nSPS) is 11.7. The molecule has 0 saturated heterocycles. The Bertz CT molecular complexity index is 1640. The zero-order chi connectivity index (χ0) is 32.1. The molecule has 0 saturated carbocycles. The van der Waals surface area contributed by atoms with Crippen molar-refractivity contribution in [1.82, 2.24) is 9.78 Å². The average Bonchev–Trinajstić information content (AvgIpc) is 2.93. The highest BCUT2D eigenvalue weighted by atomic mass is 19.4. The molecule has 2 N–H and O–H groups in total. The van der Waals surface area contributed by atoms with E-state index in [2.05, 4.69) is 5.10 Å². The van der Waals surface area contributed by atoms with Crippen molar-refractivity contribution in [1.29, 1.82) is 0 Å². The maximum absolute atomic E-state index is 14.7. The predicted molar refractivity (Wildman–Crippen MR) is 144 cm³/mol. The van der Waals surface area contributed by atoms with Crippen molar-refractivity contribution in [2.24, 2.45) is 0 Å². The van der Waals surface area contributed by atoms with E-state index in [4.69, 9.17) is 14.8 Å². The molecule has 0 aliphatic rings. The van der Waals surface area contributed by atoms with Crippen molar-refractivity contribution < 1.29 is 49.9 Å². The van der Waals surface area contributed by atoms with Crippen LogP contribution in [0, 0.1) is 11.6 Å². The van der Waals surface area contributed by atoms with E-state index in [1.54, 1.807) is 12.1 Å². The molecule has 0 spiro atoms. The highest BCUT2D eigenvalue weighted by Crippen LogP contribution is 2.35. The Labute approximate surface area is 240 Å². The van der Waals surface area contributed by atoms with Crippen LogP contribution in [-0.2, 0) is 18.9 Å². The van der Waals surface area contributed by atoms with Crippen LogP contribution in [0.1, 0.15) is 37.3 Å². The number of alkyl halides is 6. The van der Waals surface area contributed by atoms with Crippen molar-refractivity contribution in [3.05, 3.63) is 87.6 Å². The molecule has 230 valence electrons. The number of methoxy groups -OCH3 is 1. The number of hydrogen-bond acceptors (Lipinski definition) is 5. The topological polar surface area (TPSA) is 84.6 Å². The van der Waals surface area contributed by atoms with E-state index in [1.807, 2.05) is 6.92 Å². The minimum absolute atomic E-state index is 0.211. The number of aromatic nitrogens is 2. The molecule has 0 atom stereocenters. The van der Waals surface area contributed by atoms with E-state index >= 15 is 0 Å². The second kappa shape index (κ2) is 13.5. The van der Waals surface area contributed by atoms with Crippen molar-refractivity contribution in [2.75, 3.05) is 7.11 Å². The van der Waals surface area contributed by atoms with Gasteiger partial charge in [-0.15, -0.1) is 0 Å². The Balaban J connectivity index is 0.000000303. The van der Waals surface area contributed by atoms with Crippen LogP contribution < -0.4 is 15.6 Å². The summed E-state index contributed by atoms with van der Waals surface area (Å²) in [7, 11) is -0.798. The van der Waals surface area contributed by atoms with E-state index in [0.717, 1.165) is 43.5 Å². The lowest BCUT2D eigenvalue weighted by Gasteiger charge is -2.16. The quantitative estimate of drug-likeness (QED) is 0.153. The van der Waals surface area contributed by atoms with Gasteiger partial charge in [0.05, 0.1) is 23.6 Å². The molecule has 4 rings (SSSR count). The maximum Gasteiger partial charge on any atom is 0.491 e. The third-order valence-corrected chi connectivity index (χ3v) is 6.30.